The average Bonchev–Trinajstić information content (AvgIpc) is 2.14. The number of ketones is 1. The van der Waals surface area contributed by atoms with Gasteiger partial charge in [-0.2, -0.15) is 0 Å². The van der Waals surface area contributed by atoms with E-state index in [4.69, 9.17) is 4.74 Å². The predicted molar refractivity (Wildman–Crippen MR) is 57.2 cm³/mol. The Labute approximate surface area is 87.0 Å². The zero-order valence-electron chi connectivity index (χ0n) is 9.80. The van der Waals surface area contributed by atoms with Gasteiger partial charge in [0.2, 0.25) is 0 Å². The summed E-state index contributed by atoms with van der Waals surface area (Å²) in [5.41, 5.74) is -0.144. The van der Waals surface area contributed by atoms with Gasteiger partial charge < -0.3 is 4.74 Å². The Morgan fingerprint density at radius 2 is 2.00 bits per heavy atom. The molecule has 0 spiro atoms. The molecule has 1 atom stereocenters. The molecular formula is C12H22O2. The number of Topliss-reactive ketones (excluding diaryl/α,β-unsaturated/α-hetero) is 1. The van der Waals surface area contributed by atoms with Crippen LogP contribution in [-0.2, 0) is 9.53 Å². The van der Waals surface area contributed by atoms with Crippen molar-refractivity contribution in [3.8, 4) is 0 Å². The van der Waals surface area contributed by atoms with E-state index in [1.165, 1.54) is 0 Å². The Kier molecular flexibility index (Phi) is 3.71. The highest BCUT2D eigenvalue weighted by molar-refractivity contribution is 5.92. The minimum atomic E-state index is -0.144. The largest absolute Gasteiger partial charge is 0.376 e. The lowest BCUT2D eigenvalue weighted by Crippen LogP contribution is -2.54. The highest BCUT2D eigenvalue weighted by Crippen LogP contribution is 2.45. The fourth-order valence-electron chi connectivity index (χ4n) is 2.24. The third-order valence-corrected chi connectivity index (χ3v) is 3.43. The van der Waals surface area contributed by atoms with E-state index in [1.807, 2.05) is 0 Å². The molecule has 0 heterocycles. The molecule has 14 heavy (non-hydrogen) atoms. The summed E-state index contributed by atoms with van der Waals surface area (Å²) in [5, 5.41) is 0. The minimum Gasteiger partial charge on any atom is -0.376 e. The molecule has 0 aliphatic heterocycles. The molecule has 0 saturated heterocycles. The van der Waals surface area contributed by atoms with Crippen molar-refractivity contribution in [2.75, 3.05) is 6.61 Å². The van der Waals surface area contributed by atoms with Crippen molar-refractivity contribution < 1.29 is 9.53 Å². The van der Waals surface area contributed by atoms with Crippen LogP contribution in [0.1, 0.15) is 47.0 Å². The molecule has 0 bridgehead atoms. The van der Waals surface area contributed by atoms with Gasteiger partial charge in [-0.25, -0.2) is 0 Å². The lowest BCUT2D eigenvalue weighted by atomic mass is 9.61. The van der Waals surface area contributed by atoms with Crippen molar-refractivity contribution in [3.63, 3.8) is 0 Å². The molecule has 1 saturated carbocycles. The molecule has 0 N–H and O–H groups in total. The van der Waals surface area contributed by atoms with E-state index in [1.54, 1.807) is 0 Å². The van der Waals surface area contributed by atoms with E-state index in [0.717, 1.165) is 19.4 Å². The first-order chi connectivity index (χ1) is 6.56. The van der Waals surface area contributed by atoms with Crippen molar-refractivity contribution in [3.05, 3.63) is 0 Å². The maximum atomic E-state index is 11.6. The van der Waals surface area contributed by atoms with Gasteiger partial charge in [0, 0.05) is 13.0 Å². The molecule has 0 aromatic rings. The summed E-state index contributed by atoms with van der Waals surface area (Å²) in [6, 6.07) is 0. The summed E-state index contributed by atoms with van der Waals surface area (Å²) in [7, 11) is 0. The molecule has 0 radical (unpaired) electrons. The van der Waals surface area contributed by atoms with Gasteiger partial charge in [-0.05, 0) is 18.8 Å². The monoisotopic (exact) mass is 198 g/mol. The maximum Gasteiger partial charge on any atom is 0.144 e. The lowest BCUT2D eigenvalue weighted by Gasteiger charge is -2.46. The number of carbonyl (C=O) groups is 1. The molecule has 0 aromatic heterocycles. The van der Waals surface area contributed by atoms with Crippen LogP contribution in [0.25, 0.3) is 0 Å². The Hall–Kier alpha value is -0.370. The summed E-state index contributed by atoms with van der Waals surface area (Å²) in [6.45, 7) is 9.23. The first-order valence-corrected chi connectivity index (χ1v) is 5.71. The summed E-state index contributed by atoms with van der Waals surface area (Å²) >= 11 is 0. The first-order valence-electron chi connectivity index (χ1n) is 5.71. The van der Waals surface area contributed by atoms with Gasteiger partial charge in [0.1, 0.15) is 5.78 Å². The van der Waals surface area contributed by atoms with Gasteiger partial charge >= 0.3 is 0 Å². The fraction of sp³-hybridized carbons (Fsp3) is 0.917. The van der Waals surface area contributed by atoms with Gasteiger partial charge in [0.25, 0.3) is 0 Å². The molecule has 1 rings (SSSR count). The zero-order chi connectivity index (χ0) is 10.8. The molecule has 2 heteroatoms. The maximum absolute atomic E-state index is 11.6. The average molecular weight is 198 g/mol. The van der Waals surface area contributed by atoms with Crippen LogP contribution in [-0.4, -0.2) is 18.5 Å². The van der Waals surface area contributed by atoms with Crippen molar-refractivity contribution in [1.29, 1.82) is 0 Å². The number of hydrogen-bond acceptors (Lipinski definition) is 2. The molecule has 1 aliphatic carbocycles. The number of rotatable bonds is 5. The van der Waals surface area contributed by atoms with Crippen LogP contribution >= 0.6 is 0 Å². The number of carbonyl (C=O) groups excluding carboxylic acids is 1. The van der Waals surface area contributed by atoms with Crippen LogP contribution < -0.4 is 0 Å². The highest BCUT2D eigenvalue weighted by Gasteiger charge is 2.52. The number of ether oxygens (including phenoxy) is 1. The van der Waals surface area contributed by atoms with Crippen LogP contribution in [0.5, 0.6) is 0 Å². The quantitative estimate of drug-likeness (QED) is 0.679. The number of hydrogen-bond donors (Lipinski definition) is 0. The third-order valence-electron chi connectivity index (χ3n) is 3.43. The van der Waals surface area contributed by atoms with E-state index >= 15 is 0 Å². The van der Waals surface area contributed by atoms with Crippen LogP contribution in [0.3, 0.4) is 0 Å². The molecule has 1 unspecified atom stereocenters. The fourth-order valence-corrected chi connectivity index (χ4v) is 2.24. The van der Waals surface area contributed by atoms with E-state index in [9.17, 15) is 4.79 Å². The summed E-state index contributed by atoms with van der Waals surface area (Å²) < 4.78 is 5.79. The molecule has 0 amide bonds. The van der Waals surface area contributed by atoms with E-state index in [0.29, 0.717) is 18.1 Å². The van der Waals surface area contributed by atoms with Gasteiger partial charge in [-0.15, -0.1) is 0 Å². The van der Waals surface area contributed by atoms with Crippen molar-refractivity contribution in [2.45, 2.75) is 53.1 Å². The van der Waals surface area contributed by atoms with E-state index < -0.39 is 0 Å². The summed E-state index contributed by atoms with van der Waals surface area (Å²) in [4.78, 5) is 11.6. The van der Waals surface area contributed by atoms with Gasteiger partial charge in [-0.3, -0.25) is 4.79 Å². The van der Waals surface area contributed by atoms with Gasteiger partial charge in [-0.1, -0.05) is 27.7 Å². The van der Waals surface area contributed by atoms with Crippen LogP contribution in [0, 0.1) is 11.3 Å². The second-order valence-corrected chi connectivity index (χ2v) is 4.71. The normalized spacial score (nSPS) is 25.2. The molecular weight excluding hydrogens is 176 g/mol. The summed E-state index contributed by atoms with van der Waals surface area (Å²) in [5.74, 6) is 0.952. The summed E-state index contributed by atoms with van der Waals surface area (Å²) in [6.07, 6.45) is 2.66. The Morgan fingerprint density at radius 1 is 1.43 bits per heavy atom. The molecule has 1 fully saturated rings. The standard InChI is InChI=1S/C12H22O2/c1-5-12(6-2)10(13)7-11(12)14-8-9(3)4/h9,11H,5-8H2,1-4H3. The lowest BCUT2D eigenvalue weighted by molar-refractivity contribution is -0.166. The topological polar surface area (TPSA) is 26.3 Å². The van der Waals surface area contributed by atoms with Crippen molar-refractivity contribution >= 4 is 5.78 Å². The second-order valence-electron chi connectivity index (χ2n) is 4.71. The highest BCUT2D eigenvalue weighted by atomic mass is 16.5. The van der Waals surface area contributed by atoms with Gasteiger partial charge in [0.05, 0.1) is 11.5 Å². The smallest absolute Gasteiger partial charge is 0.144 e. The van der Waals surface area contributed by atoms with Crippen molar-refractivity contribution in [2.24, 2.45) is 11.3 Å². The predicted octanol–water partition coefficient (Wildman–Crippen LogP) is 2.81. The third kappa shape index (κ3) is 1.85. The van der Waals surface area contributed by atoms with E-state index in [2.05, 4.69) is 27.7 Å². The SMILES string of the molecule is CCC1(CC)C(=O)CC1OCC(C)C. The van der Waals surface area contributed by atoms with Crippen LogP contribution in [0.4, 0.5) is 0 Å². The van der Waals surface area contributed by atoms with Crippen molar-refractivity contribution in [1.82, 2.24) is 0 Å². The Balaban J connectivity index is 2.51. The first kappa shape index (κ1) is 11.7. The second kappa shape index (κ2) is 4.43. The molecule has 0 aromatic carbocycles. The Morgan fingerprint density at radius 3 is 2.36 bits per heavy atom. The van der Waals surface area contributed by atoms with E-state index in [-0.39, 0.29) is 11.5 Å². The zero-order valence-corrected chi connectivity index (χ0v) is 9.80. The Bertz CT molecular complexity index is 204. The van der Waals surface area contributed by atoms with Crippen LogP contribution in [0.15, 0.2) is 0 Å². The minimum absolute atomic E-state index is 0.144. The molecule has 82 valence electrons. The van der Waals surface area contributed by atoms with Crippen LogP contribution in [0.2, 0.25) is 0 Å². The molecule has 2 nitrogen and oxygen atoms in total. The van der Waals surface area contributed by atoms with Gasteiger partial charge in [0.15, 0.2) is 0 Å². The molecule has 1 aliphatic rings.